The van der Waals surface area contributed by atoms with Gasteiger partial charge in [0.25, 0.3) is 11.8 Å². The highest BCUT2D eigenvalue weighted by atomic mass is 79.9. The Bertz CT molecular complexity index is 1510. The number of halogens is 6. The van der Waals surface area contributed by atoms with Gasteiger partial charge in [-0.2, -0.15) is 13.2 Å². The number of carbonyl (C=O) groups excluding carboxylic acids is 2. The van der Waals surface area contributed by atoms with Crippen molar-refractivity contribution in [2.24, 2.45) is 5.73 Å². The Balaban J connectivity index is 1.68. The molecule has 2 aromatic carbocycles. The molecule has 8 nitrogen and oxygen atoms in total. The third-order valence-electron chi connectivity index (χ3n) is 5.28. The van der Waals surface area contributed by atoms with E-state index in [9.17, 15) is 31.5 Å². The number of amides is 2. The molecule has 0 unspecified atom stereocenters. The van der Waals surface area contributed by atoms with Crippen LogP contribution in [0.3, 0.4) is 0 Å². The number of carbonyl (C=O) groups is 2. The van der Waals surface area contributed by atoms with E-state index in [1.54, 1.807) is 12.1 Å². The van der Waals surface area contributed by atoms with E-state index in [0.29, 0.717) is 0 Å². The van der Waals surface area contributed by atoms with Crippen LogP contribution in [0.1, 0.15) is 38.4 Å². The Morgan fingerprint density at radius 2 is 1.79 bits per heavy atom. The minimum absolute atomic E-state index is 0.000635. The Kier molecular flexibility index (Phi) is 7.95. The monoisotopic (exact) mass is 610 g/mol. The van der Waals surface area contributed by atoms with Gasteiger partial charge in [0.05, 0.1) is 12.1 Å². The predicted molar refractivity (Wildman–Crippen MR) is 129 cm³/mol. The molecular weight excluding hydrogens is 595 g/mol. The highest BCUT2D eigenvalue weighted by molar-refractivity contribution is 9.10. The molecule has 14 heteroatoms. The summed E-state index contributed by atoms with van der Waals surface area (Å²) in [6.45, 7) is -0.377. The summed E-state index contributed by atoms with van der Waals surface area (Å²) in [6.07, 6.45) is -4.51. The number of rotatable bonds is 8. The molecule has 0 radical (unpaired) electrons. The molecule has 0 aliphatic rings. The van der Waals surface area contributed by atoms with E-state index < -0.39 is 52.6 Å². The zero-order valence-electron chi connectivity index (χ0n) is 19.4. The minimum atomic E-state index is -4.54. The zero-order chi connectivity index (χ0) is 28.3. The summed E-state index contributed by atoms with van der Waals surface area (Å²) < 4.78 is 78.9. The SMILES string of the molecule is NC(=O)c1c(F)ccc(O[C@@H](CNC(=O)c2ccccn2)c2nc(-c3ccc(C(F)(F)F)cc3)c(Br)o2)c1F. The summed E-state index contributed by atoms with van der Waals surface area (Å²) in [7, 11) is 0. The van der Waals surface area contributed by atoms with Gasteiger partial charge in [0.1, 0.15) is 22.8 Å². The van der Waals surface area contributed by atoms with Crippen molar-refractivity contribution >= 4 is 27.7 Å². The van der Waals surface area contributed by atoms with E-state index >= 15 is 0 Å². The molecule has 0 bridgehead atoms. The number of primary amides is 1. The average molecular weight is 611 g/mol. The lowest BCUT2D eigenvalue weighted by Crippen LogP contribution is -2.31. The summed E-state index contributed by atoms with van der Waals surface area (Å²) in [6, 6.07) is 10.3. The van der Waals surface area contributed by atoms with Crippen LogP contribution in [0.25, 0.3) is 11.3 Å². The van der Waals surface area contributed by atoms with Crippen molar-refractivity contribution in [3.8, 4) is 17.0 Å². The third kappa shape index (κ3) is 6.22. The van der Waals surface area contributed by atoms with Crippen molar-refractivity contribution in [2.75, 3.05) is 6.54 Å². The molecule has 39 heavy (non-hydrogen) atoms. The van der Waals surface area contributed by atoms with Gasteiger partial charge in [-0.1, -0.05) is 18.2 Å². The number of ether oxygens (including phenoxy) is 1. The normalized spacial score (nSPS) is 12.2. The van der Waals surface area contributed by atoms with Gasteiger partial charge >= 0.3 is 6.18 Å². The number of hydrogen-bond donors (Lipinski definition) is 2. The van der Waals surface area contributed by atoms with Gasteiger partial charge in [0.2, 0.25) is 5.89 Å². The Labute approximate surface area is 225 Å². The topological polar surface area (TPSA) is 120 Å². The lowest BCUT2D eigenvalue weighted by molar-refractivity contribution is -0.137. The maximum Gasteiger partial charge on any atom is 0.416 e. The third-order valence-corrected chi connectivity index (χ3v) is 5.82. The maximum atomic E-state index is 14.9. The summed E-state index contributed by atoms with van der Waals surface area (Å²) in [5.41, 5.74) is 3.54. The number of aromatic nitrogens is 2. The fourth-order valence-electron chi connectivity index (χ4n) is 3.41. The molecular formula is C25H16BrF5N4O4. The average Bonchev–Trinajstić information content (AvgIpc) is 3.28. The molecule has 0 saturated heterocycles. The molecule has 0 aliphatic heterocycles. The van der Waals surface area contributed by atoms with Gasteiger partial charge in [-0.3, -0.25) is 14.6 Å². The van der Waals surface area contributed by atoms with E-state index in [-0.39, 0.29) is 34.1 Å². The Hall–Kier alpha value is -4.33. The fraction of sp³-hybridized carbons (Fsp3) is 0.120. The van der Waals surface area contributed by atoms with Crippen molar-refractivity contribution in [3.63, 3.8) is 0 Å². The van der Waals surface area contributed by atoms with Crippen LogP contribution in [0.5, 0.6) is 5.75 Å². The van der Waals surface area contributed by atoms with Crippen molar-refractivity contribution in [1.29, 1.82) is 0 Å². The van der Waals surface area contributed by atoms with E-state index in [1.165, 1.54) is 24.4 Å². The molecule has 0 saturated carbocycles. The molecule has 2 amide bonds. The first-order valence-electron chi connectivity index (χ1n) is 10.9. The molecule has 3 N–H and O–H groups in total. The van der Waals surface area contributed by atoms with Crippen LogP contribution in [0, 0.1) is 11.6 Å². The van der Waals surface area contributed by atoms with Crippen LogP contribution in [-0.4, -0.2) is 28.3 Å². The van der Waals surface area contributed by atoms with Gasteiger partial charge in [-0.05, 0) is 52.3 Å². The van der Waals surface area contributed by atoms with E-state index in [4.69, 9.17) is 14.9 Å². The van der Waals surface area contributed by atoms with Crippen LogP contribution < -0.4 is 15.8 Å². The van der Waals surface area contributed by atoms with Crippen LogP contribution in [0.15, 0.2) is 69.9 Å². The number of pyridine rings is 1. The van der Waals surface area contributed by atoms with Crippen molar-refractivity contribution < 1.29 is 40.7 Å². The number of nitrogens with zero attached hydrogens (tertiary/aromatic N) is 2. The fourth-order valence-corrected chi connectivity index (χ4v) is 3.89. The van der Waals surface area contributed by atoms with Crippen molar-refractivity contribution in [1.82, 2.24) is 15.3 Å². The molecule has 0 aliphatic carbocycles. The minimum Gasteiger partial charge on any atom is -0.476 e. The highest BCUT2D eigenvalue weighted by Gasteiger charge is 2.31. The Morgan fingerprint density at radius 1 is 1.08 bits per heavy atom. The number of nitrogens with two attached hydrogens (primary N) is 1. The van der Waals surface area contributed by atoms with E-state index in [0.717, 1.165) is 24.3 Å². The van der Waals surface area contributed by atoms with Gasteiger partial charge < -0.3 is 20.2 Å². The van der Waals surface area contributed by atoms with Gasteiger partial charge in [-0.25, -0.2) is 13.8 Å². The summed E-state index contributed by atoms with van der Waals surface area (Å²) >= 11 is 3.15. The predicted octanol–water partition coefficient (Wildman–Crippen LogP) is 5.45. The molecule has 4 aromatic rings. The second-order valence-electron chi connectivity index (χ2n) is 7.88. The quantitative estimate of drug-likeness (QED) is 0.256. The molecule has 0 spiro atoms. The Morgan fingerprint density at radius 3 is 2.41 bits per heavy atom. The first-order chi connectivity index (χ1) is 18.5. The van der Waals surface area contributed by atoms with Gasteiger partial charge in [-0.15, -0.1) is 0 Å². The first-order valence-corrected chi connectivity index (χ1v) is 11.7. The number of oxazole rings is 1. The molecule has 1 atom stereocenters. The first kappa shape index (κ1) is 27.7. The molecule has 2 aromatic heterocycles. The maximum absolute atomic E-state index is 14.9. The van der Waals surface area contributed by atoms with Crippen molar-refractivity contribution in [2.45, 2.75) is 12.3 Å². The lowest BCUT2D eigenvalue weighted by atomic mass is 10.1. The van der Waals surface area contributed by atoms with E-state index in [1.807, 2.05) is 0 Å². The molecule has 0 fully saturated rings. The standard InChI is InChI=1S/C25H16BrF5N4O4/c26-21-20(12-4-6-13(7-5-12)25(29,30)31)35-24(39-21)17(11-34-23(37)15-3-1-2-10-33-15)38-16-9-8-14(27)18(19(16)28)22(32)36/h1-10,17H,11H2,(H2,32,36)(H,34,37)/t17-/m0/s1. The van der Waals surface area contributed by atoms with E-state index in [2.05, 4.69) is 31.2 Å². The summed E-state index contributed by atoms with van der Waals surface area (Å²) in [4.78, 5) is 32.2. The van der Waals surface area contributed by atoms with Gasteiger partial charge in [0, 0.05) is 11.8 Å². The molecule has 4 rings (SSSR count). The van der Waals surface area contributed by atoms with Crippen LogP contribution in [0.2, 0.25) is 0 Å². The van der Waals surface area contributed by atoms with Gasteiger partial charge in [0.15, 0.2) is 22.3 Å². The lowest BCUT2D eigenvalue weighted by Gasteiger charge is -2.18. The van der Waals surface area contributed by atoms with Crippen LogP contribution in [-0.2, 0) is 6.18 Å². The number of benzene rings is 2. The number of nitrogens with one attached hydrogen (secondary N) is 1. The second-order valence-corrected chi connectivity index (χ2v) is 8.60. The zero-order valence-corrected chi connectivity index (χ0v) is 21.0. The van der Waals surface area contributed by atoms with Crippen LogP contribution in [0.4, 0.5) is 22.0 Å². The highest BCUT2D eigenvalue weighted by Crippen LogP contribution is 2.35. The largest absolute Gasteiger partial charge is 0.476 e. The number of alkyl halides is 3. The summed E-state index contributed by atoms with van der Waals surface area (Å²) in [5.74, 6) is -5.45. The molecule has 2 heterocycles. The van der Waals surface area contributed by atoms with Crippen LogP contribution >= 0.6 is 15.9 Å². The second kappa shape index (κ2) is 11.2. The summed E-state index contributed by atoms with van der Waals surface area (Å²) in [5, 5.41) is 2.52. The smallest absolute Gasteiger partial charge is 0.416 e. The molecule has 202 valence electrons. The number of hydrogen-bond acceptors (Lipinski definition) is 6. The van der Waals surface area contributed by atoms with Crippen molar-refractivity contribution in [3.05, 3.63) is 99.8 Å².